The molecule has 1 aromatic heterocycles. The zero-order chi connectivity index (χ0) is 5.28. The number of hydrogen-bond donors (Lipinski definition) is 0. The van der Waals surface area contributed by atoms with Crippen molar-refractivity contribution in [3.05, 3.63) is 25.8 Å². The molecule has 0 saturated heterocycles. The van der Waals surface area contributed by atoms with Crippen molar-refractivity contribution in [3.63, 3.8) is 0 Å². The largest absolute Gasteiger partial charge is 0.374 e. The zero-order valence-electron chi connectivity index (χ0n) is 5.62. The van der Waals surface area contributed by atoms with Crippen molar-refractivity contribution in [1.29, 1.82) is 0 Å². The Hall–Kier alpha value is 1.44. The predicted octanol–water partition coefficient (Wildman–Crippen LogP) is -0.431. The van der Waals surface area contributed by atoms with Gasteiger partial charge >= 0.3 is 0 Å². The van der Waals surface area contributed by atoms with Crippen molar-refractivity contribution in [2.75, 3.05) is 0 Å². The maximum absolute atomic E-state index is 3.64. The third kappa shape index (κ3) is 4.80. The molecule has 0 atom stereocenters. The normalized spacial score (nSPS) is 7.22. The summed E-state index contributed by atoms with van der Waals surface area (Å²) in [6, 6.07) is 0. The summed E-state index contributed by atoms with van der Waals surface area (Å²) in [5, 5.41) is 0. The summed E-state index contributed by atoms with van der Waals surface area (Å²) in [7, 11) is 5.60. The van der Waals surface area contributed by atoms with Crippen LogP contribution in [0.25, 0.3) is 0 Å². The van der Waals surface area contributed by atoms with Gasteiger partial charge in [0.25, 0.3) is 0 Å². The Labute approximate surface area is 111 Å². The van der Waals surface area contributed by atoms with E-state index in [-0.39, 0.29) is 70.4 Å². The van der Waals surface area contributed by atoms with E-state index in [0.717, 1.165) is 0 Å². The molecule has 2 nitrogen and oxygen atoms in total. The van der Waals surface area contributed by atoms with Crippen LogP contribution in [0.1, 0.15) is 0 Å². The van der Waals surface area contributed by atoms with Gasteiger partial charge < -0.3 is 9.13 Å². The number of nitrogens with zero attached hydrogens (tertiary/aromatic N) is 2. The average molecular weight is 225 g/mol. The number of aromatic nitrogens is 2. The van der Waals surface area contributed by atoms with Crippen LogP contribution in [0.3, 0.4) is 0 Å². The van der Waals surface area contributed by atoms with Crippen LogP contribution in [0.15, 0.2) is 18.7 Å². The van der Waals surface area contributed by atoms with Crippen molar-refractivity contribution in [2.24, 2.45) is 7.05 Å². The number of aryl methyl sites for hydroxylation is 1. The van der Waals surface area contributed by atoms with E-state index in [4.69, 9.17) is 0 Å². The fourth-order valence-corrected chi connectivity index (χ4v) is 0.502. The topological polar surface area (TPSA) is 8.81 Å². The Morgan fingerprint density at radius 3 is 2.22 bits per heavy atom. The first-order valence-corrected chi connectivity index (χ1v) is 2.13. The summed E-state index contributed by atoms with van der Waals surface area (Å²) in [5.41, 5.74) is 0. The summed E-state index contributed by atoms with van der Waals surface area (Å²) in [4.78, 5) is 0. The fraction of sp³-hybridized carbons (Fsp3) is 0.200. The molecular weight excluding hydrogens is 217 g/mol. The first kappa shape index (κ1) is 13.1. The Kier molecular flexibility index (Phi) is 8.96. The van der Waals surface area contributed by atoms with E-state index in [2.05, 4.69) is 7.05 Å². The van der Waals surface area contributed by atoms with E-state index in [1.807, 2.05) is 30.3 Å². The number of hydrogen-bond acceptors (Lipinski definition) is 0. The van der Waals surface area contributed by atoms with Crippen LogP contribution in [0.5, 0.6) is 0 Å². The minimum absolute atomic E-state index is 0. The van der Waals surface area contributed by atoms with E-state index in [1.54, 1.807) is 4.57 Å². The third-order valence-electron chi connectivity index (χ3n) is 0.824. The van der Waals surface area contributed by atoms with Gasteiger partial charge in [-0.3, -0.25) is 0 Å². The molecule has 0 amide bonds. The van der Waals surface area contributed by atoms with Crippen molar-refractivity contribution in [1.82, 2.24) is 4.57 Å². The van der Waals surface area contributed by atoms with Crippen LogP contribution in [0, 0.1) is 7.05 Å². The van der Waals surface area contributed by atoms with E-state index in [1.165, 1.54) is 0 Å². The van der Waals surface area contributed by atoms with Gasteiger partial charge in [0, 0.05) is 76.6 Å². The summed E-state index contributed by atoms with van der Waals surface area (Å²) >= 11 is 0. The first-order chi connectivity index (χ1) is 3.29. The van der Waals surface area contributed by atoms with Gasteiger partial charge in [0.1, 0.15) is 6.33 Å². The molecule has 4 heteroatoms. The summed E-state index contributed by atoms with van der Waals surface area (Å²) in [5.74, 6) is 0. The van der Waals surface area contributed by atoms with Crippen molar-refractivity contribution >= 4 is 37.7 Å². The van der Waals surface area contributed by atoms with Crippen LogP contribution in [-0.4, -0.2) is 42.3 Å². The predicted molar refractivity (Wildman–Crippen MR) is 32.1 cm³/mol. The average Bonchev–Trinajstić information content (AvgIpc) is 1.87. The molecule has 0 unspecified atom stereocenters. The van der Waals surface area contributed by atoms with Gasteiger partial charge in [0.05, 0.1) is 13.2 Å². The standard InChI is InChI=1S/C5H8N2.Ca.Y/c1-6-3-4-7(2)5-6;;/h3-5H,1H2,2H3;;. The van der Waals surface area contributed by atoms with Gasteiger partial charge in [-0.05, 0) is 7.05 Å². The molecule has 1 aromatic rings. The Morgan fingerprint density at radius 1 is 1.56 bits per heavy atom. The summed E-state index contributed by atoms with van der Waals surface area (Å²) in [6.45, 7) is 0. The van der Waals surface area contributed by atoms with E-state index >= 15 is 0 Å². The molecule has 0 aromatic carbocycles. The van der Waals surface area contributed by atoms with Crippen LogP contribution >= 0.6 is 0 Å². The van der Waals surface area contributed by atoms with Gasteiger partial charge in [-0.25, -0.2) is 0 Å². The molecule has 1 heterocycles. The molecule has 0 saturated carbocycles. The molecule has 9 heavy (non-hydrogen) atoms. The Bertz CT molecular complexity index is 147. The molecule has 0 N–H and O–H groups in total. The second kappa shape index (κ2) is 6.17. The smallest absolute Gasteiger partial charge is 0.141 e. The second-order valence-corrected chi connectivity index (χ2v) is 1.59. The molecule has 0 aliphatic rings. The number of imidazole rings is 1. The van der Waals surface area contributed by atoms with Crippen LogP contribution in [0.2, 0.25) is 0 Å². The molecule has 0 aliphatic heterocycles. The molecule has 3 radical (unpaired) electrons. The maximum Gasteiger partial charge on any atom is 0.141 e. The van der Waals surface area contributed by atoms with Crippen LogP contribution < -0.4 is 4.57 Å². The zero-order valence-corrected chi connectivity index (χ0v) is 10.7. The fourth-order valence-electron chi connectivity index (χ4n) is 0.502. The summed E-state index contributed by atoms with van der Waals surface area (Å²) < 4.78 is 3.69. The van der Waals surface area contributed by atoms with Crippen LogP contribution in [-0.2, 0) is 39.8 Å². The molecule has 43 valence electrons. The van der Waals surface area contributed by atoms with Crippen molar-refractivity contribution in [2.45, 2.75) is 0 Å². The minimum atomic E-state index is 0. The minimum Gasteiger partial charge on any atom is -0.374 e. The molecule has 0 aliphatic carbocycles. The monoisotopic (exact) mass is 225 g/mol. The number of rotatable bonds is 0. The van der Waals surface area contributed by atoms with Gasteiger partial charge in [-0.15, -0.1) is 0 Å². The van der Waals surface area contributed by atoms with Gasteiger partial charge in [-0.2, -0.15) is 0 Å². The van der Waals surface area contributed by atoms with Gasteiger partial charge in [0.2, 0.25) is 0 Å². The van der Waals surface area contributed by atoms with E-state index in [9.17, 15) is 0 Å². The van der Waals surface area contributed by atoms with E-state index in [0.29, 0.717) is 0 Å². The molecule has 0 bridgehead atoms. The van der Waals surface area contributed by atoms with Crippen molar-refractivity contribution < 1.29 is 37.3 Å². The van der Waals surface area contributed by atoms with Crippen LogP contribution in [0.4, 0.5) is 0 Å². The Morgan fingerprint density at radius 2 is 2.11 bits per heavy atom. The quantitative estimate of drug-likeness (QED) is 0.322. The summed E-state index contributed by atoms with van der Waals surface area (Å²) in [6.07, 6.45) is 5.72. The van der Waals surface area contributed by atoms with Crippen molar-refractivity contribution in [3.8, 4) is 0 Å². The molecule has 0 spiro atoms. The molecular formula is C5H8CaN2Y. The Balaban J connectivity index is 0. The third-order valence-corrected chi connectivity index (χ3v) is 0.824. The first-order valence-electron chi connectivity index (χ1n) is 2.13. The molecule has 0 fully saturated rings. The van der Waals surface area contributed by atoms with Gasteiger partial charge in [0.15, 0.2) is 0 Å². The SMILES string of the molecule is [CH2-][n+]1ccn(C)c1.[Ca].[Y]. The van der Waals surface area contributed by atoms with E-state index < -0.39 is 0 Å². The van der Waals surface area contributed by atoms with Gasteiger partial charge in [-0.1, -0.05) is 0 Å². The maximum atomic E-state index is 3.64. The second-order valence-electron chi connectivity index (χ2n) is 1.59. The molecule has 1 rings (SSSR count).